The van der Waals surface area contributed by atoms with Gasteiger partial charge in [0.25, 0.3) is 0 Å². The van der Waals surface area contributed by atoms with Crippen LogP contribution in [0, 0.1) is 0 Å². The Morgan fingerprint density at radius 3 is 2.44 bits per heavy atom. The number of urea groups is 1. The first-order valence-electron chi connectivity index (χ1n) is 5.51. The largest absolute Gasteiger partial charge is 0.480 e. The first-order valence-corrected chi connectivity index (χ1v) is 5.51. The highest BCUT2D eigenvalue weighted by molar-refractivity contribution is 5.86. The molecule has 90 valence electrons. The third-order valence-electron chi connectivity index (χ3n) is 2.88. The Labute approximate surface area is 94.9 Å². The molecule has 0 aromatic rings. The molecule has 0 atom stereocenters. The number of carbonyl (C=O) groups excluding carboxylic acids is 1. The van der Waals surface area contributed by atoms with Crippen LogP contribution in [-0.2, 0) is 4.79 Å². The monoisotopic (exact) mass is 226 g/mol. The number of carboxylic acids is 1. The average Bonchev–Trinajstić information content (AvgIpc) is 2.27. The van der Waals surface area contributed by atoms with E-state index in [9.17, 15) is 14.7 Å². The van der Waals surface area contributed by atoms with E-state index in [2.05, 4.69) is 17.2 Å². The maximum Gasteiger partial charge on any atom is 0.329 e. The molecule has 0 aliphatic heterocycles. The Balaban J connectivity index is 2.60. The van der Waals surface area contributed by atoms with Crippen LogP contribution in [-0.4, -0.2) is 29.2 Å². The van der Waals surface area contributed by atoms with Crippen molar-refractivity contribution in [3.63, 3.8) is 0 Å². The topological polar surface area (TPSA) is 78.4 Å². The molecular formula is C11H18N2O3. The molecule has 16 heavy (non-hydrogen) atoms. The lowest BCUT2D eigenvalue weighted by Gasteiger charge is -2.33. The van der Waals surface area contributed by atoms with Crippen molar-refractivity contribution in [2.75, 3.05) is 6.54 Å². The predicted octanol–water partition coefficient (Wildman–Crippen LogP) is 1.26. The van der Waals surface area contributed by atoms with Crippen LogP contribution >= 0.6 is 0 Å². The Morgan fingerprint density at radius 1 is 1.31 bits per heavy atom. The quantitative estimate of drug-likeness (QED) is 0.631. The molecule has 5 heteroatoms. The van der Waals surface area contributed by atoms with E-state index in [-0.39, 0.29) is 0 Å². The fourth-order valence-corrected chi connectivity index (χ4v) is 1.97. The average molecular weight is 226 g/mol. The van der Waals surface area contributed by atoms with Crippen molar-refractivity contribution in [1.29, 1.82) is 0 Å². The summed E-state index contributed by atoms with van der Waals surface area (Å²) < 4.78 is 0. The number of nitrogens with one attached hydrogen (secondary N) is 2. The van der Waals surface area contributed by atoms with Crippen molar-refractivity contribution < 1.29 is 14.7 Å². The van der Waals surface area contributed by atoms with E-state index in [1.54, 1.807) is 6.08 Å². The summed E-state index contributed by atoms with van der Waals surface area (Å²) in [4.78, 5) is 22.7. The molecule has 0 bridgehead atoms. The molecule has 3 N–H and O–H groups in total. The van der Waals surface area contributed by atoms with E-state index >= 15 is 0 Å². The molecule has 0 unspecified atom stereocenters. The van der Waals surface area contributed by atoms with E-state index in [1.165, 1.54) is 0 Å². The zero-order chi connectivity index (χ0) is 12.0. The van der Waals surface area contributed by atoms with E-state index in [4.69, 9.17) is 0 Å². The van der Waals surface area contributed by atoms with Crippen molar-refractivity contribution >= 4 is 12.0 Å². The molecule has 2 amide bonds. The standard InChI is InChI=1S/C11H18N2O3/c1-2-8-12-10(16)13-11(9(14)15)6-4-3-5-7-11/h2H,1,3-8H2,(H,14,15)(H2,12,13,16). The lowest BCUT2D eigenvalue weighted by atomic mass is 9.82. The normalized spacial score (nSPS) is 18.5. The highest BCUT2D eigenvalue weighted by Crippen LogP contribution is 2.28. The molecule has 0 saturated heterocycles. The van der Waals surface area contributed by atoms with Crippen LogP contribution in [0.2, 0.25) is 0 Å². The maximum atomic E-state index is 11.4. The molecule has 1 saturated carbocycles. The number of amides is 2. The molecule has 1 fully saturated rings. The summed E-state index contributed by atoms with van der Waals surface area (Å²) in [5, 5.41) is 14.3. The van der Waals surface area contributed by atoms with Crippen molar-refractivity contribution in [1.82, 2.24) is 10.6 Å². The fourth-order valence-electron chi connectivity index (χ4n) is 1.97. The van der Waals surface area contributed by atoms with E-state index in [1.807, 2.05) is 0 Å². The zero-order valence-corrected chi connectivity index (χ0v) is 9.29. The highest BCUT2D eigenvalue weighted by atomic mass is 16.4. The highest BCUT2D eigenvalue weighted by Gasteiger charge is 2.40. The number of hydrogen-bond donors (Lipinski definition) is 3. The summed E-state index contributed by atoms with van der Waals surface area (Å²) in [7, 11) is 0. The number of carboxylic acid groups (broad SMARTS) is 1. The number of rotatable bonds is 4. The van der Waals surface area contributed by atoms with Crippen molar-refractivity contribution in [2.24, 2.45) is 0 Å². The van der Waals surface area contributed by atoms with E-state index < -0.39 is 17.5 Å². The molecule has 1 aliphatic carbocycles. The predicted molar refractivity (Wildman–Crippen MR) is 60.2 cm³/mol. The van der Waals surface area contributed by atoms with Gasteiger partial charge in [-0.1, -0.05) is 25.3 Å². The minimum atomic E-state index is -1.08. The van der Waals surface area contributed by atoms with Crippen LogP contribution in [0.3, 0.4) is 0 Å². The van der Waals surface area contributed by atoms with Crippen LogP contribution in [0.25, 0.3) is 0 Å². The van der Waals surface area contributed by atoms with Gasteiger partial charge in [-0.05, 0) is 12.8 Å². The SMILES string of the molecule is C=CCNC(=O)NC1(C(=O)O)CCCCC1. The van der Waals surface area contributed by atoms with E-state index in [0.29, 0.717) is 19.4 Å². The van der Waals surface area contributed by atoms with Gasteiger partial charge in [0.2, 0.25) is 0 Å². The van der Waals surface area contributed by atoms with Crippen molar-refractivity contribution in [2.45, 2.75) is 37.6 Å². The molecule has 0 aromatic carbocycles. The lowest BCUT2D eigenvalue weighted by Crippen LogP contribution is -2.58. The van der Waals surface area contributed by atoms with Gasteiger partial charge in [-0.25, -0.2) is 9.59 Å². The second kappa shape index (κ2) is 5.53. The molecule has 1 rings (SSSR count). The van der Waals surface area contributed by atoms with Crippen molar-refractivity contribution in [3.05, 3.63) is 12.7 Å². The van der Waals surface area contributed by atoms with Gasteiger partial charge < -0.3 is 15.7 Å². The number of hydrogen-bond acceptors (Lipinski definition) is 2. The first kappa shape index (κ1) is 12.5. The van der Waals surface area contributed by atoms with Gasteiger partial charge in [-0.15, -0.1) is 6.58 Å². The summed E-state index contributed by atoms with van der Waals surface area (Å²) >= 11 is 0. The van der Waals surface area contributed by atoms with Gasteiger partial charge in [0.05, 0.1) is 0 Å². The fraction of sp³-hybridized carbons (Fsp3) is 0.636. The van der Waals surface area contributed by atoms with Crippen LogP contribution in [0.15, 0.2) is 12.7 Å². The third-order valence-corrected chi connectivity index (χ3v) is 2.88. The van der Waals surface area contributed by atoms with Gasteiger partial charge in [0.1, 0.15) is 5.54 Å². The van der Waals surface area contributed by atoms with Crippen LogP contribution in [0.1, 0.15) is 32.1 Å². The molecule has 0 aromatic heterocycles. The van der Waals surface area contributed by atoms with Gasteiger partial charge in [0, 0.05) is 6.54 Å². The summed E-state index contributed by atoms with van der Waals surface area (Å²) in [6.07, 6.45) is 5.27. The van der Waals surface area contributed by atoms with Gasteiger partial charge in [0.15, 0.2) is 0 Å². The first-order chi connectivity index (χ1) is 7.60. The summed E-state index contributed by atoms with van der Waals surface area (Å²) in [5.41, 5.74) is -1.08. The number of aliphatic carboxylic acids is 1. The Kier molecular flexibility index (Phi) is 4.34. The summed E-state index contributed by atoms with van der Waals surface area (Å²) in [6, 6.07) is -0.441. The lowest BCUT2D eigenvalue weighted by molar-refractivity contribution is -0.145. The minimum absolute atomic E-state index is 0.335. The van der Waals surface area contributed by atoms with Crippen LogP contribution < -0.4 is 10.6 Å². The summed E-state index contributed by atoms with van der Waals surface area (Å²) in [5.74, 6) is -0.944. The Bertz CT molecular complexity index is 283. The zero-order valence-electron chi connectivity index (χ0n) is 9.29. The molecule has 5 nitrogen and oxygen atoms in total. The van der Waals surface area contributed by atoms with Crippen LogP contribution in [0.4, 0.5) is 4.79 Å². The smallest absolute Gasteiger partial charge is 0.329 e. The van der Waals surface area contributed by atoms with Crippen molar-refractivity contribution in [3.8, 4) is 0 Å². The van der Waals surface area contributed by atoms with Gasteiger partial charge in [-0.2, -0.15) is 0 Å². The molecule has 0 radical (unpaired) electrons. The Hall–Kier alpha value is -1.52. The molecular weight excluding hydrogens is 208 g/mol. The van der Waals surface area contributed by atoms with E-state index in [0.717, 1.165) is 19.3 Å². The summed E-state index contributed by atoms with van der Waals surface area (Å²) in [6.45, 7) is 3.81. The maximum absolute atomic E-state index is 11.4. The second-order valence-corrected chi connectivity index (χ2v) is 4.07. The molecule has 0 spiro atoms. The van der Waals surface area contributed by atoms with Gasteiger partial charge in [-0.3, -0.25) is 0 Å². The van der Waals surface area contributed by atoms with Gasteiger partial charge >= 0.3 is 12.0 Å². The second-order valence-electron chi connectivity index (χ2n) is 4.07. The molecule has 0 heterocycles. The van der Waals surface area contributed by atoms with Crippen LogP contribution in [0.5, 0.6) is 0 Å². The third kappa shape index (κ3) is 2.98. The minimum Gasteiger partial charge on any atom is -0.480 e. The Morgan fingerprint density at radius 2 is 1.94 bits per heavy atom. The molecule has 1 aliphatic rings. The number of carbonyl (C=O) groups is 2.